The molecular formula is C18H27NO. The zero-order chi connectivity index (χ0) is 14.2. The molecule has 1 N–H and O–H groups in total. The summed E-state index contributed by atoms with van der Waals surface area (Å²) in [5.74, 6) is 3.47. The van der Waals surface area contributed by atoms with Crippen LogP contribution in [0, 0.1) is 11.8 Å². The molecule has 2 heteroatoms. The minimum absolute atomic E-state index is 0.239. The Labute approximate surface area is 122 Å². The molecule has 1 saturated carbocycles. The first-order valence-electron chi connectivity index (χ1n) is 8.00. The maximum atomic E-state index is 5.81. The molecule has 0 amide bonds. The Hall–Kier alpha value is -1.02. The van der Waals surface area contributed by atoms with E-state index in [1.54, 1.807) is 0 Å². The summed E-state index contributed by atoms with van der Waals surface area (Å²) in [6.07, 6.45) is 4.09. The van der Waals surface area contributed by atoms with Gasteiger partial charge in [0.25, 0.3) is 0 Å². The summed E-state index contributed by atoms with van der Waals surface area (Å²) in [4.78, 5) is 0. The summed E-state index contributed by atoms with van der Waals surface area (Å²) in [6.45, 7) is 8.81. The number of para-hydroxylation sites is 1. The summed E-state index contributed by atoms with van der Waals surface area (Å²) in [7, 11) is 0. The van der Waals surface area contributed by atoms with E-state index >= 15 is 0 Å². The zero-order valence-electron chi connectivity index (χ0n) is 13.0. The topological polar surface area (TPSA) is 21.3 Å². The van der Waals surface area contributed by atoms with Crippen molar-refractivity contribution >= 4 is 0 Å². The minimum Gasteiger partial charge on any atom is -0.493 e. The first-order chi connectivity index (χ1) is 9.53. The number of benzene rings is 1. The van der Waals surface area contributed by atoms with Crippen molar-refractivity contribution in [3.05, 3.63) is 29.8 Å². The molecule has 3 rings (SSSR count). The van der Waals surface area contributed by atoms with Gasteiger partial charge in [0.1, 0.15) is 5.75 Å². The van der Waals surface area contributed by atoms with Crippen molar-refractivity contribution in [2.45, 2.75) is 51.5 Å². The number of fused-ring (bicyclic) bond motifs is 1. The van der Waals surface area contributed by atoms with Crippen molar-refractivity contribution < 1.29 is 4.74 Å². The monoisotopic (exact) mass is 273 g/mol. The standard InChI is InChI=1S/C18H27NO/c1-18(2,3)19-11-14-9-8-13(14)10-15-12-20-17-7-5-4-6-16(15)17/h4-7,13-15,19H,8-12H2,1-3H3. The molecule has 20 heavy (non-hydrogen) atoms. The van der Waals surface area contributed by atoms with Crippen molar-refractivity contribution in [2.24, 2.45) is 11.8 Å². The first-order valence-corrected chi connectivity index (χ1v) is 8.00. The predicted octanol–water partition coefficient (Wildman–Crippen LogP) is 3.97. The third-order valence-electron chi connectivity index (χ3n) is 4.86. The van der Waals surface area contributed by atoms with Crippen LogP contribution in [0.15, 0.2) is 24.3 Å². The normalized spacial score (nSPS) is 28.6. The molecule has 0 radical (unpaired) electrons. The van der Waals surface area contributed by atoms with E-state index in [9.17, 15) is 0 Å². The van der Waals surface area contributed by atoms with E-state index < -0.39 is 0 Å². The number of rotatable bonds is 4. The van der Waals surface area contributed by atoms with Crippen molar-refractivity contribution in [1.82, 2.24) is 5.32 Å². The smallest absolute Gasteiger partial charge is 0.122 e. The lowest BCUT2D eigenvalue weighted by molar-refractivity contribution is 0.136. The SMILES string of the molecule is CC(C)(C)NCC1CCC1CC1COc2ccccc21. The van der Waals surface area contributed by atoms with Gasteiger partial charge in [0.2, 0.25) is 0 Å². The molecule has 3 unspecified atom stereocenters. The lowest BCUT2D eigenvalue weighted by atomic mass is 9.69. The summed E-state index contributed by atoms with van der Waals surface area (Å²) in [5.41, 5.74) is 1.67. The molecule has 2 aliphatic rings. The molecule has 1 fully saturated rings. The van der Waals surface area contributed by atoms with Crippen LogP contribution >= 0.6 is 0 Å². The van der Waals surface area contributed by atoms with Crippen molar-refractivity contribution in [1.29, 1.82) is 0 Å². The van der Waals surface area contributed by atoms with Gasteiger partial charge < -0.3 is 10.1 Å². The van der Waals surface area contributed by atoms with Crippen LogP contribution in [0.1, 0.15) is 51.5 Å². The molecule has 1 aromatic carbocycles. The Morgan fingerprint density at radius 1 is 1.15 bits per heavy atom. The Bertz CT molecular complexity index is 463. The van der Waals surface area contributed by atoms with Crippen LogP contribution in [0.25, 0.3) is 0 Å². The Balaban J connectivity index is 1.54. The Morgan fingerprint density at radius 2 is 1.90 bits per heavy atom. The molecule has 0 spiro atoms. The fourth-order valence-electron chi connectivity index (χ4n) is 3.44. The van der Waals surface area contributed by atoms with Crippen molar-refractivity contribution in [3.8, 4) is 5.75 Å². The van der Waals surface area contributed by atoms with Crippen molar-refractivity contribution in [2.75, 3.05) is 13.2 Å². The zero-order valence-corrected chi connectivity index (χ0v) is 13.0. The van der Waals surface area contributed by atoms with Crippen LogP contribution < -0.4 is 10.1 Å². The molecule has 1 aromatic rings. The van der Waals surface area contributed by atoms with E-state index in [0.717, 1.165) is 24.2 Å². The van der Waals surface area contributed by atoms with Gasteiger partial charge in [-0.05, 0) is 64.5 Å². The minimum atomic E-state index is 0.239. The van der Waals surface area contributed by atoms with Crippen LogP contribution in [0.4, 0.5) is 0 Å². The molecule has 0 saturated heterocycles. The second-order valence-electron chi connectivity index (χ2n) is 7.51. The van der Waals surface area contributed by atoms with Gasteiger partial charge in [-0.2, -0.15) is 0 Å². The molecule has 0 bridgehead atoms. The highest BCUT2D eigenvalue weighted by molar-refractivity contribution is 5.39. The van der Waals surface area contributed by atoms with Gasteiger partial charge in [-0.25, -0.2) is 0 Å². The number of hydrogen-bond donors (Lipinski definition) is 1. The highest BCUT2D eigenvalue weighted by Crippen LogP contribution is 2.44. The summed E-state index contributed by atoms with van der Waals surface area (Å²) >= 11 is 0. The Morgan fingerprint density at radius 3 is 2.60 bits per heavy atom. The fourth-order valence-corrected chi connectivity index (χ4v) is 3.44. The lowest BCUT2D eigenvalue weighted by Gasteiger charge is -2.40. The molecule has 1 aliphatic carbocycles. The molecule has 3 atom stereocenters. The van der Waals surface area contributed by atoms with E-state index in [-0.39, 0.29) is 5.54 Å². The number of hydrogen-bond acceptors (Lipinski definition) is 2. The van der Waals surface area contributed by atoms with Crippen LogP contribution in [0.5, 0.6) is 5.75 Å². The summed E-state index contributed by atoms with van der Waals surface area (Å²) in [6, 6.07) is 8.56. The van der Waals surface area contributed by atoms with E-state index in [2.05, 4.69) is 50.4 Å². The maximum absolute atomic E-state index is 5.81. The number of ether oxygens (including phenoxy) is 1. The van der Waals surface area contributed by atoms with Gasteiger partial charge in [-0.3, -0.25) is 0 Å². The van der Waals surface area contributed by atoms with Crippen LogP contribution in [-0.4, -0.2) is 18.7 Å². The van der Waals surface area contributed by atoms with Gasteiger partial charge in [0.05, 0.1) is 6.61 Å². The predicted molar refractivity (Wildman–Crippen MR) is 83.3 cm³/mol. The molecule has 1 aliphatic heterocycles. The maximum Gasteiger partial charge on any atom is 0.122 e. The molecular weight excluding hydrogens is 246 g/mol. The third-order valence-corrected chi connectivity index (χ3v) is 4.86. The highest BCUT2D eigenvalue weighted by Gasteiger charge is 2.35. The largest absolute Gasteiger partial charge is 0.493 e. The van der Waals surface area contributed by atoms with E-state index in [0.29, 0.717) is 5.92 Å². The summed E-state index contributed by atoms with van der Waals surface area (Å²) < 4.78 is 5.81. The molecule has 1 heterocycles. The van der Waals surface area contributed by atoms with Gasteiger partial charge in [0, 0.05) is 17.0 Å². The average molecular weight is 273 g/mol. The third kappa shape index (κ3) is 3.01. The van der Waals surface area contributed by atoms with Crippen molar-refractivity contribution in [3.63, 3.8) is 0 Å². The van der Waals surface area contributed by atoms with E-state index in [1.807, 2.05) is 0 Å². The Kier molecular flexibility index (Phi) is 3.76. The van der Waals surface area contributed by atoms with E-state index in [4.69, 9.17) is 4.74 Å². The van der Waals surface area contributed by atoms with Gasteiger partial charge >= 0.3 is 0 Å². The fraction of sp³-hybridized carbons (Fsp3) is 0.667. The molecule has 2 nitrogen and oxygen atoms in total. The second-order valence-corrected chi connectivity index (χ2v) is 7.51. The van der Waals surface area contributed by atoms with Gasteiger partial charge in [-0.1, -0.05) is 18.2 Å². The average Bonchev–Trinajstić information content (AvgIpc) is 2.76. The molecule has 0 aromatic heterocycles. The van der Waals surface area contributed by atoms with Crippen LogP contribution in [-0.2, 0) is 0 Å². The lowest BCUT2D eigenvalue weighted by Crippen LogP contribution is -2.43. The highest BCUT2D eigenvalue weighted by atomic mass is 16.5. The number of nitrogens with one attached hydrogen (secondary N) is 1. The quantitative estimate of drug-likeness (QED) is 0.896. The molecule has 110 valence electrons. The van der Waals surface area contributed by atoms with Gasteiger partial charge in [0.15, 0.2) is 0 Å². The first kappa shape index (κ1) is 13.9. The second kappa shape index (κ2) is 5.40. The van der Waals surface area contributed by atoms with Crippen LogP contribution in [0.3, 0.4) is 0 Å². The van der Waals surface area contributed by atoms with Crippen LogP contribution in [0.2, 0.25) is 0 Å². The summed E-state index contributed by atoms with van der Waals surface area (Å²) in [5, 5.41) is 3.67. The van der Waals surface area contributed by atoms with Gasteiger partial charge in [-0.15, -0.1) is 0 Å². The van der Waals surface area contributed by atoms with E-state index in [1.165, 1.54) is 31.4 Å².